The molecule has 0 spiro atoms. The minimum atomic E-state index is -0.0796. The van der Waals surface area contributed by atoms with Crippen molar-refractivity contribution in [1.82, 2.24) is 5.32 Å². The molecule has 0 aromatic rings. The van der Waals surface area contributed by atoms with E-state index in [1.165, 1.54) is 51.4 Å². The average molecular weight is 273 g/mol. The normalized spacial score (nSPS) is 11.4. The molecule has 0 amide bonds. The molecule has 0 aliphatic rings. The van der Waals surface area contributed by atoms with Crippen LogP contribution >= 0.6 is 0 Å². The van der Waals surface area contributed by atoms with Gasteiger partial charge in [0.2, 0.25) is 0 Å². The molecule has 0 aliphatic heterocycles. The van der Waals surface area contributed by atoms with E-state index in [2.05, 4.69) is 12.2 Å². The fourth-order valence-electron chi connectivity index (χ4n) is 2.14. The SMILES string of the molecule is CCCCCCCCCCNCC(OCC)OCC. The van der Waals surface area contributed by atoms with Crippen molar-refractivity contribution >= 4 is 0 Å². The fraction of sp³-hybridized carbons (Fsp3) is 1.00. The maximum Gasteiger partial charge on any atom is 0.169 e. The smallest absolute Gasteiger partial charge is 0.169 e. The molecule has 0 aliphatic carbocycles. The van der Waals surface area contributed by atoms with Gasteiger partial charge in [-0.3, -0.25) is 0 Å². The molecule has 116 valence electrons. The molecular formula is C16H35NO2. The van der Waals surface area contributed by atoms with E-state index in [0.29, 0.717) is 13.2 Å². The van der Waals surface area contributed by atoms with Crippen LogP contribution in [0.1, 0.15) is 72.1 Å². The first kappa shape index (κ1) is 18.9. The Morgan fingerprint density at radius 1 is 0.737 bits per heavy atom. The largest absolute Gasteiger partial charge is 0.352 e. The van der Waals surface area contributed by atoms with Crippen LogP contribution in [0.3, 0.4) is 0 Å². The van der Waals surface area contributed by atoms with Crippen LogP contribution in [0.2, 0.25) is 0 Å². The van der Waals surface area contributed by atoms with Crippen molar-refractivity contribution in [2.45, 2.75) is 78.4 Å². The Morgan fingerprint density at radius 3 is 1.79 bits per heavy atom. The summed E-state index contributed by atoms with van der Waals surface area (Å²) in [4.78, 5) is 0. The Labute approximate surface area is 120 Å². The predicted octanol–water partition coefficient (Wildman–Crippen LogP) is 4.12. The zero-order valence-corrected chi connectivity index (χ0v) is 13.4. The quantitative estimate of drug-likeness (QED) is 0.360. The van der Waals surface area contributed by atoms with Gasteiger partial charge in [-0.2, -0.15) is 0 Å². The third kappa shape index (κ3) is 14.1. The molecule has 1 N–H and O–H groups in total. The van der Waals surface area contributed by atoms with Gasteiger partial charge in [0.15, 0.2) is 6.29 Å². The van der Waals surface area contributed by atoms with Crippen molar-refractivity contribution in [3.05, 3.63) is 0 Å². The summed E-state index contributed by atoms with van der Waals surface area (Å²) in [5.41, 5.74) is 0. The monoisotopic (exact) mass is 273 g/mol. The molecule has 3 nitrogen and oxygen atoms in total. The van der Waals surface area contributed by atoms with E-state index in [-0.39, 0.29) is 6.29 Å². The van der Waals surface area contributed by atoms with Gasteiger partial charge in [0.05, 0.1) is 0 Å². The van der Waals surface area contributed by atoms with E-state index < -0.39 is 0 Å². The summed E-state index contributed by atoms with van der Waals surface area (Å²) >= 11 is 0. The lowest BCUT2D eigenvalue weighted by Crippen LogP contribution is -2.32. The lowest BCUT2D eigenvalue weighted by atomic mass is 10.1. The van der Waals surface area contributed by atoms with Crippen LogP contribution in [-0.2, 0) is 9.47 Å². The first-order chi connectivity index (χ1) is 9.35. The van der Waals surface area contributed by atoms with Crippen molar-refractivity contribution in [2.75, 3.05) is 26.3 Å². The van der Waals surface area contributed by atoms with Gasteiger partial charge in [-0.25, -0.2) is 0 Å². The van der Waals surface area contributed by atoms with Crippen LogP contribution in [0.4, 0.5) is 0 Å². The molecule has 0 aromatic carbocycles. The van der Waals surface area contributed by atoms with E-state index in [4.69, 9.17) is 9.47 Å². The maximum absolute atomic E-state index is 5.48. The summed E-state index contributed by atoms with van der Waals surface area (Å²) in [5.74, 6) is 0. The van der Waals surface area contributed by atoms with Crippen LogP contribution in [0, 0.1) is 0 Å². The summed E-state index contributed by atoms with van der Waals surface area (Å²) < 4.78 is 11.0. The highest BCUT2D eigenvalue weighted by Crippen LogP contribution is 2.07. The summed E-state index contributed by atoms with van der Waals surface area (Å²) in [6.45, 7) is 9.58. The summed E-state index contributed by atoms with van der Waals surface area (Å²) in [6.07, 6.45) is 10.9. The Hall–Kier alpha value is -0.120. The minimum absolute atomic E-state index is 0.0796. The zero-order valence-electron chi connectivity index (χ0n) is 13.4. The van der Waals surface area contributed by atoms with E-state index >= 15 is 0 Å². The first-order valence-corrected chi connectivity index (χ1v) is 8.29. The van der Waals surface area contributed by atoms with Gasteiger partial charge in [-0.05, 0) is 26.8 Å². The number of rotatable bonds is 15. The number of unbranched alkanes of at least 4 members (excludes halogenated alkanes) is 7. The van der Waals surface area contributed by atoms with Crippen molar-refractivity contribution in [2.24, 2.45) is 0 Å². The van der Waals surface area contributed by atoms with E-state index in [1.54, 1.807) is 0 Å². The molecule has 0 fully saturated rings. The van der Waals surface area contributed by atoms with Crippen molar-refractivity contribution in [1.29, 1.82) is 0 Å². The number of hydrogen-bond acceptors (Lipinski definition) is 3. The Balaban J connectivity index is 3.20. The van der Waals surface area contributed by atoms with Gasteiger partial charge in [-0.1, -0.05) is 51.9 Å². The Morgan fingerprint density at radius 2 is 1.26 bits per heavy atom. The van der Waals surface area contributed by atoms with Crippen LogP contribution in [0.5, 0.6) is 0 Å². The lowest BCUT2D eigenvalue weighted by molar-refractivity contribution is -0.132. The highest BCUT2D eigenvalue weighted by Gasteiger charge is 2.05. The molecule has 0 aromatic heterocycles. The lowest BCUT2D eigenvalue weighted by Gasteiger charge is -2.17. The Kier molecular flexibility index (Phi) is 15.8. The second-order valence-corrected chi connectivity index (χ2v) is 5.02. The van der Waals surface area contributed by atoms with Crippen LogP contribution in [0.15, 0.2) is 0 Å². The van der Waals surface area contributed by atoms with Gasteiger partial charge in [0, 0.05) is 19.8 Å². The van der Waals surface area contributed by atoms with E-state index in [1.807, 2.05) is 13.8 Å². The second kappa shape index (κ2) is 15.9. The summed E-state index contributed by atoms with van der Waals surface area (Å²) in [6, 6.07) is 0. The van der Waals surface area contributed by atoms with Crippen molar-refractivity contribution in [3.8, 4) is 0 Å². The minimum Gasteiger partial charge on any atom is -0.352 e. The molecule has 0 atom stereocenters. The number of ether oxygens (including phenoxy) is 2. The Bertz CT molecular complexity index is 159. The fourth-order valence-corrected chi connectivity index (χ4v) is 2.14. The highest BCUT2D eigenvalue weighted by atomic mass is 16.7. The van der Waals surface area contributed by atoms with Gasteiger partial charge < -0.3 is 14.8 Å². The van der Waals surface area contributed by atoms with Crippen LogP contribution in [0.25, 0.3) is 0 Å². The molecule has 19 heavy (non-hydrogen) atoms. The molecule has 0 unspecified atom stereocenters. The molecule has 0 saturated carbocycles. The number of nitrogens with one attached hydrogen (secondary N) is 1. The number of hydrogen-bond donors (Lipinski definition) is 1. The summed E-state index contributed by atoms with van der Waals surface area (Å²) in [5, 5.41) is 3.42. The van der Waals surface area contributed by atoms with Crippen LogP contribution in [-0.4, -0.2) is 32.6 Å². The van der Waals surface area contributed by atoms with Crippen LogP contribution < -0.4 is 5.32 Å². The van der Waals surface area contributed by atoms with Crippen molar-refractivity contribution in [3.63, 3.8) is 0 Å². The maximum atomic E-state index is 5.48. The van der Waals surface area contributed by atoms with Gasteiger partial charge in [0.25, 0.3) is 0 Å². The topological polar surface area (TPSA) is 30.5 Å². The molecule has 0 bridgehead atoms. The van der Waals surface area contributed by atoms with Gasteiger partial charge in [0.1, 0.15) is 0 Å². The molecule has 3 heteroatoms. The van der Waals surface area contributed by atoms with Gasteiger partial charge >= 0.3 is 0 Å². The molecule has 0 rings (SSSR count). The third-order valence-corrected chi connectivity index (χ3v) is 3.22. The molecule has 0 radical (unpaired) electrons. The second-order valence-electron chi connectivity index (χ2n) is 5.02. The predicted molar refractivity (Wildman–Crippen MR) is 82.5 cm³/mol. The van der Waals surface area contributed by atoms with Crippen molar-refractivity contribution < 1.29 is 9.47 Å². The molecule has 0 saturated heterocycles. The average Bonchev–Trinajstić information content (AvgIpc) is 2.41. The standard InChI is InChI=1S/C16H35NO2/c1-4-7-8-9-10-11-12-13-14-17-15-16(18-5-2)19-6-3/h16-17H,4-15H2,1-3H3. The first-order valence-electron chi connectivity index (χ1n) is 8.29. The molecular weight excluding hydrogens is 238 g/mol. The molecule has 0 heterocycles. The summed E-state index contributed by atoms with van der Waals surface area (Å²) in [7, 11) is 0. The van der Waals surface area contributed by atoms with Gasteiger partial charge in [-0.15, -0.1) is 0 Å². The highest BCUT2D eigenvalue weighted by molar-refractivity contribution is 4.53. The zero-order chi connectivity index (χ0) is 14.2. The third-order valence-electron chi connectivity index (χ3n) is 3.22. The van der Waals surface area contributed by atoms with E-state index in [9.17, 15) is 0 Å². The van der Waals surface area contributed by atoms with E-state index in [0.717, 1.165) is 13.1 Å².